The van der Waals surface area contributed by atoms with Crippen LogP contribution in [0.4, 0.5) is 0 Å². The van der Waals surface area contributed by atoms with Gasteiger partial charge in [-0.15, -0.1) is 0 Å². The molecule has 2 aromatic rings. The van der Waals surface area contributed by atoms with Crippen LogP contribution in [-0.4, -0.2) is 17.6 Å². The highest BCUT2D eigenvalue weighted by molar-refractivity contribution is 6.34. The Morgan fingerprint density at radius 3 is 2.48 bits per heavy atom. The molecule has 0 aromatic heterocycles. The summed E-state index contributed by atoms with van der Waals surface area (Å²) in [5.41, 5.74) is 3.60. The van der Waals surface area contributed by atoms with Crippen molar-refractivity contribution in [3.63, 3.8) is 0 Å². The molecule has 3 nitrogen and oxygen atoms in total. The van der Waals surface area contributed by atoms with Gasteiger partial charge in [-0.25, -0.2) is 0 Å². The fourth-order valence-corrected chi connectivity index (χ4v) is 2.80. The zero-order valence-electron chi connectivity index (χ0n) is 13.5. The molecule has 0 fully saturated rings. The first kappa shape index (κ1) is 17.5. The fraction of sp³-hybridized carbons (Fsp3) is 0.316. The van der Waals surface area contributed by atoms with Gasteiger partial charge in [0.25, 0.3) is 5.91 Å². The van der Waals surface area contributed by atoms with Gasteiger partial charge in [-0.05, 0) is 55.5 Å². The molecule has 1 amide bonds. The summed E-state index contributed by atoms with van der Waals surface area (Å²) >= 11 is 6.23. The van der Waals surface area contributed by atoms with Crippen LogP contribution in [0.1, 0.15) is 45.9 Å². The topological polar surface area (TPSA) is 49.3 Å². The molecule has 1 atom stereocenters. The lowest BCUT2D eigenvalue weighted by Crippen LogP contribution is -2.29. The van der Waals surface area contributed by atoms with Gasteiger partial charge in [0.2, 0.25) is 0 Å². The van der Waals surface area contributed by atoms with Crippen LogP contribution in [0.2, 0.25) is 5.02 Å². The van der Waals surface area contributed by atoms with Gasteiger partial charge >= 0.3 is 0 Å². The van der Waals surface area contributed by atoms with E-state index in [1.165, 1.54) is 0 Å². The Morgan fingerprint density at radius 1 is 1.17 bits per heavy atom. The summed E-state index contributed by atoms with van der Waals surface area (Å²) in [7, 11) is 0. The van der Waals surface area contributed by atoms with Gasteiger partial charge in [0.15, 0.2) is 0 Å². The predicted octanol–water partition coefficient (Wildman–Crippen LogP) is 4.20. The molecule has 0 heterocycles. The average Bonchev–Trinajstić information content (AvgIpc) is 2.55. The van der Waals surface area contributed by atoms with E-state index < -0.39 is 0 Å². The predicted molar refractivity (Wildman–Crippen MR) is 93.9 cm³/mol. The highest BCUT2D eigenvalue weighted by atomic mass is 35.5. The van der Waals surface area contributed by atoms with Crippen LogP contribution in [-0.2, 0) is 0 Å². The molecule has 0 saturated heterocycles. The van der Waals surface area contributed by atoms with E-state index >= 15 is 0 Å². The largest absolute Gasteiger partial charge is 0.396 e. The van der Waals surface area contributed by atoms with Gasteiger partial charge < -0.3 is 10.4 Å². The maximum Gasteiger partial charge on any atom is 0.253 e. The summed E-state index contributed by atoms with van der Waals surface area (Å²) < 4.78 is 0. The van der Waals surface area contributed by atoms with Crippen molar-refractivity contribution in [3.05, 3.63) is 69.7 Å². The summed E-state index contributed by atoms with van der Waals surface area (Å²) in [6.07, 6.45) is 1.30. The van der Waals surface area contributed by atoms with Gasteiger partial charge in [-0.1, -0.05) is 41.9 Å². The van der Waals surface area contributed by atoms with Gasteiger partial charge in [0, 0.05) is 6.61 Å². The third-order valence-electron chi connectivity index (χ3n) is 3.99. The molecule has 122 valence electrons. The summed E-state index contributed by atoms with van der Waals surface area (Å²) in [6, 6.07) is 13.3. The number of aryl methyl sites for hydroxylation is 2. The summed E-state index contributed by atoms with van der Waals surface area (Å²) in [6.45, 7) is 4.03. The van der Waals surface area contributed by atoms with Gasteiger partial charge in [0.1, 0.15) is 0 Å². The molecule has 1 unspecified atom stereocenters. The van der Waals surface area contributed by atoms with Crippen molar-refractivity contribution in [2.45, 2.75) is 32.7 Å². The van der Waals surface area contributed by atoms with E-state index in [4.69, 9.17) is 16.7 Å². The van der Waals surface area contributed by atoms with Crippen molar-refractivity contribution in [3.8, 4) is 0 Å². The van der Waals surface area contributed by atoms with Gasteiger partial charge in [-0.2, -0.15) is 0 Å². The number of carbonyl (C=O) groups is 1. The Hall–Kier alpha value is -1.84. The molecule has 2 rings (SSSR count). The first-order valence-electron chi connectivity index (χ1n) is 7.76. The normalized spacial score (nSPS) is 12.0. The third kappa shape index (κ3) is 4.57. The van der Waals surface area contributed by atoms with Crippen molar-refractivity contribution in [2.24, 2.45) is 0 Å². The minimum Gasteiger partial charge on any atom is -0.396 e. The second-order valence-electron chi connectivity index (χ2n) is 5.72. The maximum absolute atomic E-state index is 12.6. The summed E-state index contributed by atoms with van der Waals surface area (Å²) in [5.74, 6) is -0.190. The lowest BCUT2D eigenvalue weighted by atomic mass is 10.0. The minimum atomic E-state index is -0.190. The minimum absolute atomic E-state index is 0.101. The highest BCUT2D eigenvalue weighted by Crippen LogP contribution is 2.23. The van der Waals surface area contributed by atoms with Crippen molar-refractivity contribution in [1.82, 2.24) is 5.32 Å². The Kier molecular flexibility index (Phi) is 6.20. The van der Waals surface area contributed by atoms with Crippen molar-refractivity contribution in [1.29, 1.82) is 0 Å². The zero-order valence-corrected chi connectivity index (χ0v) is 14.2. The molecule has 0 radical (unpaired) electrons. The number of carbonyl (C=O) groups excluding carboxylic acids is 1. The molecule has 23 heavy (non-hydrogen) atoms. The van der Waals surface area contributed by atoms with Gasteiger partial charge in [0.05, 0.1) is 16.6 Å². The van der Waals surface area contributed by atoms with Crippen molar-refractivity contribution >= 4 is 17.5 Å². The number of hydrogen-bond donors (Lipinski definition) is 2. The van der Waals surface area contributed by atoms with E-state index in [9.17, 15) is 4.79 Å². The average molecular weight is 332 g/mol. The number of halogens is 1. The Balaban J connectivity index is 2.22. The molecule has 0 aliphatic rings. The van der Waals surface area contributed by atoms with Crippen LogP contribution in [0.5, 0.6) is 0 Å². The second kappa shape index (κ2) is 8.14. The highest BCUT2D eigenvalue weighted by Gasteiger charge is 2.18. The molecule has 0 aliphatic heterocycles. The molecule has 2 aromatic carbocycles. The standard InChI is InChI=1S/C19H22ClNO2/c1-13-11-16(17(20)12-14(13)2)19(23)21-18(9-6-10-22)15-7-4-3-5-8-15/h3-5,7-8,11-12,18,22H,6,9-10H2,1-2H3,(H,21,23). The van der Waals surface area contributed by atoms with Gasteiger partial charge in [-0.3, -0.25) is 4.79 Å². The van der Waals surface area contributed by atoms with E-state index in [2.05, 4.69) is 5.32 Å². The van der Waals surface area contributed by atoms with Crippen LogP contribution in [0.25, 0.3) is 0 Å². The molecule has 4 heteroatoms. The van der Waals surface area contributed by atoms with Crippen molar-refractivity contribution < 1.29 is 9.90 Å². The molecular formula is C19H22ClNO2. The smallest absolute Gasteiger partial charge is 0.253 e. The van der Waals surface area contributed by atoms with E-state index in [0.717, 1.165) is 16.7 Å². The monoisotopic (exact) mass is 331 g/mol. The molecule has 0 saturated carbocycles. The molecule has 2 N–H and O–H groups in total. The molecule has 0 aliphatic carbocycles. The van der Waals surface area contributed by atoms with E-state index in [1.807, 2.05) is 56.3 Å². The fourth-order valence-electron chi connectivity index (χ4n) is 2.49. The van der Waals surface area contributed by atoms with Crippen LogP contribution in [0.3, 0.4) is 0 Å². The first-order valence-corrected chi connectivity index (χ1v) is 8.14. The summed E-state index contributed by atoms with van der Waals surface area (Å²) in [5, 5.41) is 12.6. The Bertz CT molecular complexity index is 671. The molecule has 0 spiro atoms. The third-order valence-corrected chi connectivity index (χ3v) is 4.30. The zero-order chi connectivity index (χ0) is 16.8. The number of hydrogen-bond acceptors (Lipinski definition) is 2. The first-order chi connectivity index (χ1) is 11.0. The van der Waals surface area contributed by atoms with E-state index in [-0.39, 0.29) is 18.6 Å². The van der Waals surface area contributed by atoms with Crippen LogP contribution in [0, 0.1) is 13.8 Å². The molecule has 0 bridgehead atoms. The Morgan fingerprint density at radius 2 is 1.83 bits per heavy atom. The van der Waals surface area contributed by atoms with E-state index in [0.29, 0.717) is 23.4 Å². The number of aliphatic hydroxyl groups excluding tert-OH is 1. The number of rotatable bonds is 6. The number of nitrogens with one attached hydrogen (secondary N) is 1. The lowest BCUT2D eigenvalue weighted by molar-refractivity contribution is 0.0932. The van der Waals surface area contributed by atoms with Crippen LogP contribution in [0.15, 0.2) is 42.5 Å². The quantitative estimate of drug-likeness (QED) is 0.833. The van der Waals surface area contributed by atoms with Crippen molar-refractivity contribution in [2.75, 3.05) is 6.61 Å². The van der Waals surface area contributed by atoms with E-state index in [1.54, 1.807) is 0 Å². The van der Waals surface area contributed by atoms with Crippen LogP contribution < -0.4 is 5.32 Å². The maximum atomic E-state index is 12.6. The lowest BCUT2D eigenvalue weighted by Gasteiger charge is -2.20. The number of aliphatic hydroxyl groups is 1. The second-order valence-corrected chi connectivity index (χ2v) is 6.13. The van der Waals surface area contributed by atoms with Crippen LogP contribution >= 0.6 is 11.6 Å². The summed E-state index contributed by atoms with van der Waals surface area (Å²) in [4.78, 5) is 12.6. The molecular weight excluding hydrogens is 310 g/mol. The number of amides is 1. The Labute approximate surface area is 142 Å². The number of benzene rings is 2. The SMILES string of the molecule is Cc1cc(Cl)c(C(=O)NC(CCCO)c2ccccc2)cc1C.